The zero-order valence-corrected chi connectivity index (χ0v) is 11.8. The number of carbonyl (C=O) groups is 1. The number of aromatic nitrogens is 1. The van der Waals surface area contributed by atoms with Crippen LogP contribution in [0.5, 0.6) is 0 Å². The molecular formula is C13H16F3N3O3. The number of piperazine rings is 1. The zero-order valence-electron chi connectivity index (χ0n) is 11.8. The fraction of sp³-hybridized carbons (Fsp3) is 0.538. The monoisotopic (exact) mass is 319 g/mol. The number of nitrogens with zero attached hydrogens (tertiary/aromatic N) is 3. The second-order valence-corrected chi connectivity index (χ2v) is 5.14. The Balaban J connectivity index is 2.31. The standard InChI is InChI=1S/C13H16F3N3O3/c1-8-6-18(2-3-19(8)12(21)22)11-10(13(14,15)16)4-9(7-20)5-17-11/h4-5,8,20H,2-3,6-7H2,1H3,(H,21,22)/t8-/m1/s1. The summed E-state index contributed by atoms with van der Waals surface area (Å²) < 4.78 is 39.5. The molecule has 1 aliphatic heterocycles. The maximum atomic E-state index is 13.2. The maximum Gasteiger partial charge on any atom is 0.419 e. The largest absolute Gasteiger partial charge is 0.465 e. The van der Waals surface area contributed by atoms with Gasteiger partial charge in [0.1, 0.15) is 5.82 Å². The summed E-state index contributed by atoms with van der Waals surface area (Å²) in [4.78, 5) is 17.4. The number of rotatable bonds is 2. The van der Waals surface area contributed by atoms with Crippen LogP contribution in [0.2, 0.25) is 0 Å². The number of carboxylic acid groups (broad SMARTS) is 1. The SMILES string of the molecule is C[C@@H]1CN(c2ncc(CO)cc2C(F)(F)F)CCN1C(=O)O. The van der Waals surface area contributed by atoms with Crippen molar-refractivity contribution in [1.29, 1.82) is 0 Å². The molecule has 2 rings (SSSR count). The van der Waals surface area contributed by atoms with Gasteiger partial charge in [0.25, 0.3) is 0 Å². The first-order valence-corrected chi connectivity index (χ1v) is 6.65. The lowest BCUT2D eigenvalue weighted by Gasteiger charge is -2.39. The Morgan fingerprint density at radius 2 is 2.14 bits per heavy atom. The lowest BCUT2D eigenvalue weighted by atomic mass is 10.1. The Kier molecular flexibility index (Phi) is 4.45. The molecule has 2 N–H and O–H groups in total. The van der Waals surface area contributed by atoms with Crippen LogP contribution in [0.4, 0.5) is 23.8 Å². The minimum absolute atomic E-state index is 0.0771. The van der Waals surface area contributed by atoms with Gasteiger partial charge in [-0.25, -0.2) is 9.78 Å². The molecule has 1 aliphatic rings. The summed E-state index contributed by atoms with van der Waals surface area (Å²) in [6.45, 7) is 1.47. The first-order chi connectivity index (χ1) is 10.2. The summed E-state index contributed by atoms with van der Waals surface area (Å²) in [6, 6.07) is 0.433. The molecule has 2 heterocycles. The molecule has 9 heteroatoms. The van der Waals surface area contributed by atoms with Gasteiger partial charge >= 0.3 is 12.3 Å². The third-order valence-corrected chi connectivity index (χ3v) is 3.58. The molecule has 0 aliphatic carbocycles. The average Bonchev–Trinajstić information content (AvgIpc) is 2.45. The summed E-state index contributed by atoms with van der Waals surface area (Å²) in [5, 5.41) is 18.0. The van der Waals surface area contributed by atoms with Crippen LogP contribution in [-0.4, -0.2) is 51.9 Å². The van der Waals surface area contributed by atoms with Gasteiger partial charge in [-0.1, -0.05) is 0 Å². The summed E-state index contributed by atoms with van der Waals surface area (Å²) in [7, 11) is 0. The van der Waals surface area contributed by atoms with Crippen molar-refractivity contribution in [3.05, 3.63) is 23.4 Å². The molecule has 0 radical (unpaired) electrons. The van der Waals surface area contributed by atoms with Crippen LogP contribution in [0.1, 0.15) is 18.1 Å². The quantitative estimate of drug-likeness (QED) is 0.869. The molecule has 0 saturated carbocycles. The minimum atomic E-state index is -4.60. The van der Waals surface area contributed by atoms with E-state index < -0.39 is 30.5 Å². The Labute approximate surface area is 124 Å². The summed E-state index contributed by atoms with van der Waals surface area (Å²) >= 11 is 0. The van der Waals surface area contributed by atoms with Gasteiger partial charge in [0.15, 0.2) is 0 Å². The molecular weight excluding hydrogens is 303 g/mol. The van der Waals surface area contributed by atoms with Gasteiger partial charge in [-0.3, -0.25) is 0 Å². The first kappa shape index (κ1) is 16.3. The molecule has 1 saturated heterocycles. The first-order valence-electron chi connectivity index (χ1n) is 6.65. The van der Waals surface area contributed by atoms with Crippen molar-refractivity contribution in [3.63, 3.8) is 0 Å². The Morgan fingerprint density at radius 3 is 2.64 bits per heavy atom. The normalized spacial score (nSPS) is 19.4. The van der Waals surface area contributed by atoms with Crippen molar-refractivity contribution < 1.29 is 28.2 Å². The van der Waals surface area contributed by atoms with Gasteiger partial charge in [0, 0.05) is 31.9 Å². The molecule has 22 heavy (non-hydrogen) atoms. The molecule has 0 bridgehead atoms. The molecule has 1 fully saturated rings. The second kappa shape index (κ2) is 5.99. The Bertz CT molecular complexity index is 565. The molecule has 0 unspecified atom stereocenters. The van der Waals surface area contributed by atoms with E-state index in [1.165, 1.54) is 16.0 Å². The fourth-order valence-electron chi connectivity index (χ4n) is 2.48. The number of hydrogen-bond acceptors (Lipinski definition) is 4. The molecule has 1 aromatic heterocycles. The van der Waals surface area contributed by atoms with Gasteiger partial charge in [-0.2, -0.15) is 13.2 Å². The molecule has 6 nitrogen and oxygen atoms in total. The van der Waals surface area contributed by atoms with E-state index in [1.54, 1.807) is 6.92 Å². The van der Waals surface area contributed by atoms with E-state index in [9.17, 15) is 18.0 Å². The van der Waals surface area contributed by atoms with E-state index in [0.29, 0.717) is 0 Å². The van der Waals surface area contributed by atoms with Crippen molar-refractivity contribution in [2.24, 2.45) is 0 Å². The van der Waals surface area contributed by atoms with Crippen molar-refractivity contribution in [1.82, 2.24) is 9.88 Å². The van der Waals surface area contributed by atoms with Gasteiger partial charge < -0.3 is 20.0 Å². The lowest BCUT2D eigenvalue weighted by molar-refractivity contribution is -0.137. The van der Waals surface area contributed by atoms with E-state index >= 15 is 0 Å². The van der Waals surface area contributed by atoms with Gasteiger partial charge in [0.05, 0.1) is 12.2 Å². The maximum absolute atomic E-state index is 13.2. The topological polar surface area (TPSA) is 76.9 Å². The summed E-state index contributed by atoms with van der Waals surface area (Å²) in [6.07, 6.45) is -4.49. The predicted molar refractivity (Wildman–Crippen MR) is 71.6 cm³/mol. The molecule has 122 valence electrons. The number of alkyl halides is 3. The van der Waals surface area contributed by atoms with Crippen LogP contribution in [0.25, 0.3) is 0 Å². The Morgan fingerprint density at radius 1 is 1.45 bits per heavy atom. The van der Waals surface area contributed by atoms with Crippen molar-refractivity contribution in [2.45, 2.75) is 25.7 Å². The third kappa shape index (κ3) is 3.24. The third-order valence-electron chi connectivity index (χ3n) is 3.58. The van der Waals surface area contributed by atoms with Crippen LogP contribution in [0.15, 0.2) is 12.3 Å². The van der Waals surface area contributed by atoms with Crippen LogP contribution in [-0.2, 0) is 12.8 Å². The number of amides is 1. The summed E-state index contributed by atoms with van der Waals surface area (Å²) in [5.41, 5.74) is -0.844. The smallest absolute Gasteiger partial charge is 0.419 e. The van der Waals surface area contributed by atoms with Gasteiger partial charge in [-0.05, 0) is 18.6 Å². The fourth-order valence-corrected chi connectivity index (χ4v) is 2.48. The van der Waals surface area contributed by atoms with Crippen molar-refractivity contribution in [2.75, 3.05) is 24.5 Å². The van der Waals surface area contributed by atoms with E-state index in [0.717, 1.165) is 6.07 Å². The highest BCUT2D eigenvalue weighted by Crippen LogP contribution is 2.36. The highest BCUT2D eigenvalue weighted by molar-refractivity contribution is 5.66. The molecule has 1 amide bonds. The summed E-state index contributed by atoms with van der Waals surface area (Å²) in [5.74, 6) is -0.235. The van der Waals surface area contributed by atoms with Crippen LogP contribution >= 0.6 is 0 Å². The van der Waals surface area contributed by atoms with Crippen LogP contribution in [0.3, 0.4) is 0 Å². The van der Waals surface area contributed by atoms with E-state index in [-0.39, 0.29) is 31.0 Å². The zero-order chi connectivity index (χ0) is 16.5. The molecule has 0 spiro atoms. The molecule has 1 aromatic rings. The average molecular weight is 319 g/mol. The highest BCUT2D eigenvalue weighted by atomic mass is 19.4. The number of halogens is 3. The van der Waals surface area contributed by atoms with E-state index in [2.05, 4.69) is 4.98 Å². The van der Waals surface area contributed by atoms with Crippen LogP contribution in [0, 0.1) is 0 Å². The number of aliphatic hydroxyl groups excluding tert-OH is 1. The highest BCUT2D eigenvalue weighted by Gasteiger charge is 2.38. The molecule has 1 atom stereocenters. The number of pyridine rings is 1. The van der Waals surface area contributed by atoms with Crippen molar-refractivity contribution >= 4 is 11.9 Å². The number of aliphatic hydroxyl groups is 1. The van der Waals surface area contributed by atoms with Crippen LogP contribution < -0.4 is 4.90 Å². The number of anilines is 1. The lowest BCUT2D eigenvalue weighted by Crippen LogP contribution is -2.54. The Hall–Kier alpha value is -2.03. The van der Waals surface area contributed by atoms with E-state index in [1.807, 2.05) is 0 Å². The predicted octanol–water partition coefficient (Wildman–Crippen LogP) is 1.78. The minimum Gasteiger partial charge on any atom is -0.465 e. The van der Waals surface area contributed by atoms with E-state index in [4.69, 9.17) is 10.2 Å². The molecule has 0 aromatic carbocycles. The second-order valence-electron chi connectivity index (χ2n) is 5.14. The number of hydrogen-bond donors (Lipinski definition) is 2. The van der Waals surface area contributed by atoms with Gasteiger partial charge in [-0.15, -0.1) is 0 Å². The van der Waals surface area contributed by atoms with Crippen molar-refractivity contribution in [3.8, 4) is 0 Å². The van der Waals surface area contributed by atoms with Gasteiger partial charge in [0.2, 0.25) is 0 Å².